The van der Waals surface area contributed by atoms with Crippen LogP contribution in [0.4, 0.5) is 11.4 Å². The Kier molecular flexibility index (Phi) is 4.17. The molecule has 1 atom stereocenters. The standard InChI is InChI=1S/C22H20N2O2/c1-15-6-4-9-18(12-15)24-14-17(13-21(24)25)22(26)23-20-11-5-8-16-7-2-3-10-19(16)20/h2-12,17H,13-14H2,1H3,(H,23,26)/t17-/m1/s1. The number of nitrogens with one attached hydrogen (secondary N) is 1. The van der Waals surface area contributed by atoms with Gasteiger partial charge in [-0.25, -0.2) is 0 Å². The Bertz CT molecular complexity index is 991. The van der Waals surface area contributed by atoms with Gasteiger partial charge in [0.05, 0.1) is 5.92 Å². The summed E-state index contributed by atoms with van der Waals surface area (Å²) < 4.78 is 0. The first-order valence-corrected chi connectivity index (χ1v) is 8.77. The fourth-order valence-corrected chi connectivity index (χ4v) is 3.50. The van der Waals surface area contributed by atoms with E-state index in [0.717, 1.165) is 27.7 Å². The first kappa shape index (κ1) is 16.3. The maximum absolute atomic E-state index is 12.8. The molecule has 3 aromatic rings. The SMILES string of the molecule is Cc1cccc(N2C[C@H](C(=O)Nc3cccc4ccccc34)CC2=O)c1. The van der Waals surface area contributed by atoms with E-state index in [9.17, 15) is 9.59 Å². The Labute approximate surface area is 152 Å². The molecular formula is C22H20N2O2. The number of fused-ring (bicyclic) bond motifs is 1. The van der Waals surface area contributed by atoms with Crippen LogP contribution in [-0.4, -0.2) is 18.4 Å². The lowest BCUT2D eigenvalue weighted by Crippen LogP contribution is -2.28. The smallest absolute Gasteiger partial charge is 0.229 e. The van der Waals surface area contributed by atoms with Gasteiger partial charge in [-0.05, 0) is 36.1 Å². The molecule has 0 aliphatic carbocycles. The summed E-state index contributed by atoms with van der Waals surface area (Å²) >= 11 is 0. The summed E-state index contributed by atoms with van der Waals surface area (Å²) in [4.78, 5) is 26.9. The Morgan fingerprint density at radius 3 is 2.65 bits per heavy atom. The molecule has 3 aromatic carbocycles. The summed E-state index contributed by atoms with van der Waals surface area (Å²) in [5, 5.41) is 5.09. The van der Waals surface area contributed by atoms with Gasteiger partial charge in [0.2, 0.25) is 11.8 Å². The van der Waals surface area contributed by atoms with Crippen molar-refractivity contribution in [2.75, 3.05) is 16.8 Å². The molecule has 0 bridgehead atoms. The van der Waals surface area contributed by atoms with Crippen LogP contribution in [0.5, 0.6) is 0 Å². The van der Waals surface area contributed by atoms with Gasteiger partial charge >= 0.3 is 0 Å². The number of carbonyl (C=O) groups is 2. The van der Waals surface area contributed by atoms with Crippen molar-refractivity contribution in [3.8, 4) is 0 Å². The number of aryl methyl sites for hydroxylation is 1. The van der Waals surface area contributed by atoms with Crippen LogP contribution in [0, 0.1) is 12.8 Å². The van der Waals surface area contributed by atoms with E-state index in [2.05, 4.69) is 5.32 Å². The lowest BCUT2D eigenvalue weighted by atomic mass is 10.1. The molecule has 0 saturated carbocycles. The monoisotopic (exact) mass is 344 g/mol. The van der Waals surface area contributed by atoms with Crippen molar-refractivity contribution >= 4 is 34.0 Å². The number of nitrogens with zero attached hydrogens (tertiary/aromatic N) is 1. The Hall–Kier alpha value is -3.14. The molecule has 1 aliphatic heterocycles. The predicted octanol–water partition coefficient (Wildman–Crippen LogP) is 4.14. The molecule has 1 saturated heterocycles. The molecule has 130 valence electrons. The predicted molar refractivity (Wildman–Crippen MR) is 104 cm³/mol. The zero-order valence-electron chi connectivity index (χ0n) is 14.6. The van der Waals surface area contributed by atoms with Crippen LogP contribution >= 0.6 is 0 Å². The minimum Gasteiger partial charge on any atom is -0.325 e. The summed E-state index contributed by atoms with van der Waals surface area (Å²) in [6, 6.07) is 21.6. The molecule has 1 heterocycles. The van der Waals surface area contributed by atoms with Gasteiger partial charge in [0.15, 0.2) is 0 Å². The number of hydrogen-bond acceptors (Lipinski definition) is 2. The van der Waals surface area contributed by atoms with Gasteiger partial charge in [0, 0.05) is 29.7 Å². The molecule has 0 aromatic heterocycles. The van der Waals surface area contributed by atoms with Gasteiger partial charge in [0.25, 0.3) is 0 Å². The zero-order chi connectivity index (χ0) is 18.1. The molecule has 0 spiro atoms. The summed E-state index contributed by atoms with van der Waals surface area (Å²) in [6.07, 6.45) is 0.241. The Morgan fingerprint density at radius 1 is 1.04 bits per heavy atom. The molecule has 1 aliphatic rings. The highest BCUT2D eigenvalue weighted by atomic mass is 16.2. The molecule has 4 nitrogen and oxygen atoms in total. The van der Waals surface area contributed by atoms with E-state index in [0.29, 0.717) is 6.54 Å². The minimum atomic E-state index is -0.345. The number of benzene rings is 3. The third kappa shape index (κ3) is 3.06. The molecule has 0 unspecified atom stereocenters. The average molecular weight is 344 g/mol. The molecule has 26 heavy (non-hydrogen) atoms. The summed E-state index contributed by atoms with van der Waals surface area (Å²) in [7, 11) is 0. The van der Waals surface area contributed by atoms with Gasteiger partial charge in [-0.2, -0.15) is 0 Å². The Morgan fingerprint density at radius 2 is 1.81 bits per heavy atom. The quantitative estimate of drug-likeness (QED) is 0.776. The summed E-state index contributed by atoms with van der Waals surface area (Å²) in [5.41, 5.74) is 2.74. The second kappa shape index (κ2) is 6.64. The van der Waals surface area contributed by atoms with Gasteiger partial charge in [-0.15, -0.1) is 0 Å². The molecule has 4 rings (SSSR count). The van der Waals surface area contributed by atoms with E-state index in [1.165, 1.54) is 0 Å². The molecule has 2 amide bonds. The topological polar surface area (TPSA) is 49.4 Å². The van der Waals surface area contributed by atoms with E-state index in [1.807, 2.05) is 73.7 Å². The molecular weight excluding hydrogens is 324 g/mol. The lowest BCUT2D eigenvalue weighted by Gasteiger charge is -2.17. The van der Waals surface area contributed by atoms with Gasteiger partial charge < -0.3 is 10.2 Å². The fraction of sp³-hybridized carbons (Fsp3) is 0.182. The molecule has 0 radical (unpaired) electrons. The number of carbonyl (C=O) groups excluding carboxylic acids is 2. The van der Waals surface area contributed by atoms with Gasteiger partial charge in [-0.1, -0.05) is 48.5 Å². The Balaban J connectivity index is 1.53. The third-order valence-electron chi connectivity index (χ3n) is 4.86. The fourth-order valence-electron chi connectivity index (χ4n) is 3.50. The first-order chi connectivity index (χ1) is 12.6. The van der Waals surface area contributed by atoms with Crippen molar-refractivity contribution in [3.63, 3.8) is 0 Å². The highest BCUT2D eigenvalue weighted by molar-refractivity contribution is 6.07. The highest BCUT2D eigenvalue weighted by Gasteiger charge is 2.35. The van der Waals surface area contributed by atoms with Crippen molar-refractivity contribution in [1.29, 1.82) is 0 Å². The van der Waals surface area contributed by atoms with Crippen molar-refractivity contribution in [2.45, 2.75) is 13.3 Å². The number of amides is 2. The normalized spacial score (nSPS) is 16.9. The molecule has 1 N–H and O–H groups in total. The van der Waals surface area contributed by atoms with Crippen molar-refractivity contribution in [3.05, 3.63) is 72.3 Å². The highest BCUT2D eigenvalue weighted by Crippen LogP contribution is 2.28. The van der Waals surface area contributed by atoms with E-state index < -0.39 is 0 Å². The van der Waals surface area contributed by atoms with E-state index in [4.69, 9.17) is 0 Å². The van der Waals surface area contributed by atoms with Gasteiger partial charge in [0.1, 0.15) is 0 Å². The number of hydrogen-bond donors (Lipinski definition) is 1. The van der Waals surface area contributed by atoms with E-state index >= 15 is 0 Å². The molecule has 4 heteroatoms. The lowest BCUT2D eigenvalue weighted by molar-refractivity contribution is -0.122. The van der Waals surface area contributed by atoms with Crippen LogP contribution in [0.25, 0.3) is 10.8 Å². The van der Waals surface area contributed by atoms with Crippen molar-refractivity contribution in [1.82, 2.24) is 0 Å². The summed E-state index contributed by atoms with van der Waals surface area (Å²) in [5.74, 6) is -0.458. The second-order valence-electron chi connectivity index (χ2n) is 6.76. The van der Waals surface area contributed by atoms with Crippen LogP contribution in [0.15, 0.2) is 66.7 Å². The maximum Gasteiger partial charge on any atom is 0.229 e. The minimum absolute atomic E-state index is 0.00586. The molecule has 1 fully saturated rings. The zero-order valence-corrected chi connectivity index (χ0v) is 14.6. The largest absolute Gasteiger partial charge is 0.325 e. The van der Waals surface area contributed by atoms with Crippen LogP contribution < -0.4 is 10.2 Å². The van der Waals surface area contributed by atoms with Crippen molar-refractivity contribution in [2.24, 2.45) is 5.92 Å². The number of rotatable bonds is 3. The van der Waals surface area contributed by atoms with Crippen LogP contribution in [-0.2, 0) is 9.59 Å². The van der Waals surface area contributed by atoms with Crippen LogP contribution in [0.3, 0.4) is 0 Å². The first-order valence-electron chi connectivity index (χ1n) is 8.77. The number of anilines is 2. The van der Waals surface area contributed by atoms with Crippen LogP contribution in [0.1, 0.15) is 12.0 Å². The van der Waals surface area contributed by atoms with Crippen molar-refractivity contribution < 1.29 is 9.59 Å². The maximum atomic E-state index is 12.8. The third-order valence-corrected chi connectivity index (χ3v) is 4.86. The van der Waals surface area contributed by atoms with E-state index in [-0.39, 0.29) is 24.2 Å². The average Bonchev–Trinajstić information content (AvgIpc) is 3.04. The van der Waals surface area contributed by atoms with E-state index in [1.54, 1.807) is 4.90 Å². The van der Waals surface area contributed by atoms with Gasteiger partial charge in [-0.3, -0.25) is 9.59 Å². The summed E-state index contributed by atoms with van der Waals surface area (Å²) in [6.45, 7) is 2.41. The second-order valence-corrected chi connectivity index (χ2v) is 6.76. The van der Waals surface area contributed by atoms with Crippen LogP contribution in [0.2, 0.25) is 0 Å².